The van der Waals surface area contributed by atoms with Crippen molar-refractivity contribution in [3.63, 3.8) is 0 Å². The number of nitrogens with one attached hydrogen (secondary N) is 2. The first-order valence-corrected chi connectivity index (χ1v) is 9.76. The van der Waals surface area contributed by atoms with Crippen LogP contribution in [0.5, 0.6) is 0 Å². The number of carbonyl (C=O) groups excluding carboxylic acids is 5. The van der Waals surface area contributed by atoms with Gasteiger partial charge in [-0.25, -0.2) is 9.80 Å². The quantitative estimate of drug-likeness (QED) is 0.656. The summed E-state index contributed by atoms with van der Waals surface area (Å²) in [7, 11) is 3.29. The van der Waals surface area contributed by atoms with E-state index in [0.717, 1.165) is 5.01 Å². The Balaban J connectivity index is 1.51. The van der Waals surface area contributed by atoms with Crippen LogP contribution in [0.1, 0.15) is 33.6 Å². The van der Waals surface area contributed by atoms with E-state index >= 15 is 0 Å². The monoisotopic (exact) mass is 438 g/mol. The first-order chi connectivity index (χ1) is 15.2. The molecule has 1 aliphatic rings. The minimum absolute atomic E-state index is 0.111. The van der Waals surface area contributed by atoms with Crippen molar-refractivity contribution in [1.82, 2.24) is 10.3 Å². The average Bonchev–Trinajstić information content (AvgIpc) is 2.79. The van der Waals surface area contributed by atoms with Crippen LogP contribution in [-0.4, -0.2) is 55.2 Å². The Kier molecular flexibility index (Phi) is 6.83. The largest absolute Gasteiger partial charge is 0.452 e. The fourth-order valence-corrected chi connectivity index (χ4v) is 2.90. The van der Waals surface area contributed by atoms with Gasteiger partial charge in [-0.15, -0.1) is 0 Å². The summed E-state index contributed by atoms with van der Waals surface area (Å²) in [4.78, 5) is 61.0. The molecule has 2 aromatic carbocycles. The van der Waals surface area contributed by atoms with Crippen LogP contribution in [0.3, 0.4) is 0 Å². The van der Waals surface area contributed by atoms with Gasteiger partial charge in [0.25, 0.3) is 11.8 Å². The van der Waals surface area contributed by atoms with Crippen molar-refractivity contribution in [2.24, 2.45) is 0 Å². The van der Waals surface area contributed by atoms with E-state index in [-0.39, 0.29) is 36.1 Å². The number of hydrogen-bond acceptors (Lipinski definition) is 6. The molecule has 0 saturated carbocycles. The molecule has 1 aliphatic heterocycles. The molecule has 2 aromatic rings. The molecule has 1 fully saturated rings. The Labute approximate surface area is 184 Å². The number of hydrazine groups is 1. The first kappa shape index (κ1) is 22.5. The van der Waals surface area contributed by atoms with Crippen LogP contribution >= 0.6 is 0 Å². The van der Waals surface area contributed by atoms with Gasteiger partial charge in [-0.05, 0) is 48.5 Å². The molecule has 10 heteroatoms. The average molecular weight is 438 g/mol. The predicted octanol–water partition coefficient (Wildman–Crippen LogP) is 1.34. The van der Waals surface area contributed by atoms with Gasteiger partial charge in [0.15, 0.2) is 6.61 Å². The minimum Gasteiger partial charge on any atom is -0.452 e. The van der Waals surface area contributed by atoms with Gasteiger partial charge >= 0.3 is 5.97 Å². The lowest BCUT2D eigenvalue weighted by Gasteiger charge is -2.27. The number of nitrogens with zero attached hydrogens (tertiary/aromatic N) is 2. The zero-order chi connectivity index (χ0) is 23.3. The second-order valence-corrected chi connectivity index (χ2v) is 7.21. The summed E-state index contributed by atoms with van der Waals surface area (Å²) >= 11 is 0. The highest BCUT2D eigenvalue weighted by Crippen LogP contribution is 2.18. The van der Waals surface area contributed by atoms with E-state index in [4.69, 9.17) is 4.74 Å². The topological polar surface area (TPSA) is 125 Å². The van der Waals surface area contributed by atoms with E-state index in [2.05, 4.69) is 10.7 Å². The number of carbonyl (C=O) groups is 5. The van der Waals surface area contributed by atoms with Gasteiger partial charge in [0.05, 0.1) is 11.3 Å². The maximum Gasteiger partial charge on any atom is 0.338 e. The maximum absolute atomic E-state index is 12.2. The number of rotatable bonds is 6. The van der Waals surface area contributed by atoms with Gasteiger partial charge in [-0.3, -0.25) is 24.6 Å². The van der Waals surface area contributed by atoms with E-state index in [1.54, 1.807) is 38.4 Å². The fraction of sp³-hybridized carbons (Fsp3) is 0.227. The highest BCUT2D eigenvalue weighted by molar-refractivity contribution is 6.01. The molecular formula is C22H22N4O6. The normalized spacial score (nSPS) is 13.2. The highest BCUT2D eigenvalue weighted by Gasteiger charge is 2.24. The molecule has 0 unspecified atom stereocenters. The molecule has 0 atom stereocenters. The minimum atomic E-state index is -0.715. The van der Waals surface area contributed by atoms with E-state index < -0.39 is 18.5 Å². The highest BCUT2D eigenvalue weighted by atomic mass is 16.5. The standard InChI is InChI=1S/C22H22N4O6/c1-25(2)21(30)14-3-7-16(8-4-14)23-19(28)13-32-22(31)15-5-9-17(10-6-15)26-20(29)12-11-18(27)24-26/h3-10H,11-13H2,1-2H3,(H,23,28)(H,24,27). The second-order valence-electron chi connectivity index (χ2n) is 7.21. The third-order valence-electron chi connectivity index (χ3n) is 4.57. The summed E-state index contributed by atoms with van der Waals surface area (Å²) < 4.78 is 5.02. The lowest BCUT2D eigenvalue weighted by Crippen LogP contribution is -2.50. The number of amides is 4. The molecule has 0 aliphatic carbocycles. The van der Waals surface area contributed by atoms with Gasteiger partial charge in [0, 0.05) is 38.2 Å². The maximum atomic E-state index is 12.2. The van der Waals surface area contributed by atoms with Crippen LogP contribution in [0.2, 0.25) is 0 Å². The number of esters is 1. The van der Waals surface area contributed by atoms with E-state index in [0.29, 0.717) is 16.9 Å². The molecule has 4 amide bonds. The molecule has 10 nitrogen and oxygen atoms in total. The molecular weight excluding hydrogens is 416 g/mol. The SMILES string of the molecule is CN(C)C(=O)c1ccc(NC(=O)COC(=O)c2ccc(N3NC(=O)CCC3=O)cc2)cc1. The molecule has 0 aromatic heterocycles. The zero-order valence-corrected chi connectivity index (χ0v) is 17.6. The molecule has 3 rings (SSSR count). The molecule has 0 spiro atoms. The van der Waals surface area contributed by atoms with Crippen LogP contribution < -0.4 is 15.8 Å². The summed E-state index contributed by atoms with van der Waals surface area (Å²) in [6.07, 6.45) is 0.250. The number of anilines is 2. The molecule has 32 heavy (non-hydrogen) atoms. The number of ether oxygens (including phenoxy) is 1. The van der Waals surface area contributed by atoms with Crippen LogP contribution in [0.25, 0.3) is 0 Å². The van der Waals surface area contributed by atoms with Crippen LogP contribution in [0, 0.1) is 0 Å². The fourth-order valence-electron chi connectivity index (χ4n) is 2.90. The van der Waals surface area contributed by atoms with E-state index in [1.807, 2.05) is 0 Å². The molecule has 0 radical (unpaired) electrons. The Morgan fingerprint density at radius 2 is 1.59 bits per heavy atom. The first-order valence-electron chi connectivity index (χ1n) is 9.76. The smallest absolute Gasteiger partial charge is 0.338 e. The Morgan fingerprint density at radius 1 is 0.969 bits per heavy atom. The summed E-state index contributed by atoms with van der Waals surface area (Å²) in [5, 5.41) is 3.71. The predicted molar refractivity (Wildman–Crippen MR) is 115 cm³/mol. The third kappa shape index (κ3) is 5.48. The van der Waals surface area contributed by atoms with Crippen molar-refractivity contribution in [1.29, 1.82) is 0 Å². The Bertz CT molecular complexity index is 1050. The molecule has 166 valence electrons. The van der Waals surface area contributed by atoms with Crippen molar-refractivity contribution in [3.05, 3.63) is 59.7 Å². The van der Waals surface area contributed by atoms with Gasteiger partial charge in [0.2, 0.25) is 11.8 Å². The molecule has 0 bridgehead atoms. The molecule has 1 heterocycles. The van der Waals surface area contributed by atoms with Crippen molar-refractivity contribution < 1.29 is 28.7 Å². The van der Waals surface area contributed by atoms with Gasteiger partial charge in [-0.1, -0.05) is 0 Å². The van der Waals surface area contributed by atoms with Crippen LogP contribution in [-0.2, 0) is 19.1 Å². The lowest BCUT2D eigenvalue weighted by molar-refractivity contribution is -0.130. The summed E-state index contributed by atoms with van der Waals surface area (Å²) in [5.74, 6) is -1.93. The van der Waals surface area contributed by atoms with Gasteiger partial charge in [0.1, 0.15) is 0 Å². The van der Waals surface area contributed by atoms with Crippen molar-refractivity contribution >= 4 is 41.0 Å². The van der Waals surface area contributed by atoms with Gasteiger partial charge < -0.3 is 15.0 Å². The summed E-state index contributed by atoms with van der Waals surface area (Å²) in [6.45, 7) is -0.500. The number of hydrogen-bond donors (Lipinski definition) is 2. The Hall–Kier alpha value is -4.21. The Morgan fingerprint density at radius 3 is 2.22 bits per heavy atom. The lowest BCUT2D eigenvalue weighted by atomic mass is 10.2. The van der Waals surface area contributed by atoms with E-state index in [1.165, 1.54) is 29.2 Å². The van der Waals surface area contributed by atoms with E-state index in [9.17, 15) is 24.0 Å². The van der Waals surface area contributed by atoms with Crippen molar-refractivity contribution in [3.8, 4) is 0 Å². The zero-order valence-electron chi connectivity index (χ0n) is 17.6. The summed E-state index contributed by atoms with van der Waals surface area (Å²) in [6, 6.07) is 12.2. The molecule has 2 N–H and O–H groups in total. The van der Waals surface area contributed by atoms with Crippen LogP contribution in [0.4, 0.5) is 11.4 Å². The second kappa shape index (κ2) is 9.73. The van der Waals surface area contributed by atoms with Crippen molar-refractivity contribution in [2.45, 2.75) is 12.8 Å². The third-order valence-corrected chi connectivity index (χ3v) is 4.57. The van der Waals surface area contributed by atoms with Crippen LogP contribution in [0.15, 0.2) is 48.5 Å². The van der Waals surface area contributed by atoms with Crippen molar-refractivity contribution in [2.75, 3.05) is 31.0 Å². The molecule has 1 saturated heterocycles. The van der Waals surface area contributed by atoms with Gasteiger partial charge in [-0.2, -0.15) is 0 Å². The number of benzene rings is 2. The summed E-state index contributed by atoms with van der Waals surface area (Å²) in [5.41, 5.74) is 4.00.